The number of hydrogen-bond donors (Lipinski definition) is 2. The van der Waals surface area contributed by atoms with Crippen molar-refractivity contribution in [2.24, 2.45) is 0 Å². The fourth-order valence-corrected chi connectivity index (χ4v) is 3.28. The van der Waals surface area contributed by atoms with Gasteiger partial charge in [0.25, 0.3) is 0 Å². The Hall–Kier alpha value is -1.59. The molecule has 1 fully saturated rings. The average Bonchev–Trinajstić information content (AvgIpc) is 3.18. The Kier molecular flexibility index (Phi) is 2.78. The molecule has 1 aliphatic heterocycles. The maximum atomic E-state index is 9.83. The summed E-state index contributed by atoms with van der Waals surface area (Å²) in [5.41, 5.74) is 3.71. The maximum absolute atomic E-state index is 9.83. The first-order chi connectivity index (χ1) is 10.1. The molecule has 0 radical (unpaired) electrons. The molecule has 4 rings (SSSR count). The van der Waals surface area contributed by atoms with E-state index in [1.807, 2.05) is 6.07 Å². The summed E-state index contributed by atoms with van der Waals surface area (Å²) in [5.74, 6) is 0.709. The monoisotopic (exact) mass is 299 g/mol. The summed E-state index contributed by atoms with van der Waals surface area (Å²) in [7, 11) is 0. The van der Waals surface area contributed by atoms with Crippen molar-refractivity contribution in [2.45, 2.75) is 36.2 Å². The van der Waals surface area contributed by atoms with Gasteiger partial charge in [0.15, 0.2) is 0 Å². The number of fused-ring (bicyclic) bond motifs is 2. The number of thiol groups is 1. The third-order valence-electron chi connectivity index (χ3n) is 4.55. The second-order valence-corrected chi connectivity index (χ2v) is 6.58. The van der Waals surface area contributed by atoms with Gasteiger partial charge in [0.1, 0.15) is 0 Å². The molecule has 0 amide bonds. The van der Waals surface area contributed by atoms with Gasteiger partial charge in [-0.2, -0.15) is 0 Å². The zero-order valence-electron chi connectivity index (χ0n) is 11.8. The number of anilines is 2. The van der Waals surface area contributed by atoms with E-state index in [4.69, 9.17) is 0 Å². The van der Waals surface area contributed by atoms with Crippen LogP contribution in [0.25, 0.3) is 0 Å². The van der Waals surface area contributed by atoms with Gasteiger partial charge in [-0.25, -0.2) is 9.97 Å². The Balaban J connectivity index is 1.82. The number of nitrogens with zero attached hydrogens (tertiary/aromatic N) is 3. The zero-order valence-corrected chi connectivity index (χ0v) is 12.7. The Morgan fingerprint density at radius 2 is 2.00 bits per heavy atom. The summed E-state index contributed by atoms with van der Waals surface area (Å²) in [6, 6.07) is 6.27. The molecule has 0 saturated heterocycles. The molecule has 1 N–H and O–H groups in total. The van der Waals surface area contributed by atoms with Gasteiger partial charge in [0.05, 0.1) is 6.10 Å². The van der Waals surface area contributed by atoms with E-state index in [1.54, 1.807) is 19.3 Å². The molecule has 1 saturated carbocycles. The van der Waals surface area contributed by atoms with Crippen LogP contribution in [0.5, 0.6) is 0 Å². The first-order valence-corrected chi connectivity index (χ1v) is 7.65. The first-order valence-electron chi connectivity index (χ1n) is 7.20. The van der Waals surface area contributed by atoms with Crippen molar-refractivity contribution in [1.82, 2.24) is 9.97 Å². The number of benzene rings is 1. The van der Waals surface area contributed by atoms with Crippen LogP contribution in [0.3, 0.4) is 0 Å². The highest BCUT2D eigenvalue weighted by Crippen LogP contribution is 2.57. The Morgan fingerprint density at radius 3 is 2.62 bits per heavy atom. The summed E-state index contributed by atoms with van der Waals surface area (Å²) >= 11 is 4.24. The van der Waals surface area contributed by atoms with Crippen LogP contribution in [0, 0.1) is 0 Å². The van der Waals surface area contributed by atoms with Crippen molar-refractivity contribution in [3.63, 3.8) is 0 Å². The van der Waals surface area contributed by atoms with Crippen molar-refractivity contribution in [1.29, 1.82) is 0 Å². The average molecular weight is 299 g/mol. The minimum absolute atomic E-state index is 0.273. The number of aliphatic hydroxyl groups excluding tert-OH is 1. The lowest BCUT2D eigenvalue weighted by Crippen LogP contribution is -2.21. The van der Waals surface area contributed by atoms with Gasteiger partial charge in [-0.05, 0) is 37.0 Å². The van der Waals surface area contributed by atoms with Crippen molar-refractivity contribution in [3.8, 4) is 0 Å². The predicted molar refractivity (Wildman–Crippen MR) is 84.3 cm³/mol. The first kappa shape index (κ1) is 13.1. The molecule has 2 aromatic rings. The summed E-state index contributed by atoms with van der Waals surface area (Å²) in [4.78, 5) is 11.7. The van der Waals surface area contributed by atoms with Crippen LogP contribution in [-0.2, 0) is 5.41 Å². The van der Waals surface area contributed by atoms with E-state index in [0.717, 1.165) is 22.7 Å². The van der Waals surface area contributed by atoms with E-state index >= 15 is 0 Å². The summed E-state index contributed by atoms with van der Waals surface area (Å²) in [5, 5.41) is 9.83. The maximum Gasteiger partial charge on any atom is 0.229 e. The van der Waals surface area contributed by atoms with E-state index < -0.39 is 6.10 Å². The molecule has 4 nitrogen and oxygen atoms in total. The highest BCUT2D eigenvalue weighted by molar-refractivity contribution is 7.80. The molecule has 2 aliphatic rings. The Bertz CT molecular complexity index is 695. The molecule has 1 aromatic heterocycles. The second kappa shape index (κ2) is 4.45. The molecule has 5 heteroatoms. The van der Waals surface area contributed by atoms with Gasteiger partial charge in [-0.15, -0.1) is 12.6 Å². The van der Waals surface area contributed by atoms with Crippen LogP contribution < -0.4 is 4.90 Å². The fourth-order valence-electron chi connectivity index (χ4n) is 3.16. The van der Waals surface area contributed by atoms with Crippen molar-refractivity contribution in [3.05, 3.63) is 41.7 Å². The lowest BCUT2D eigenvalue weighted by molar-refractivity contribution is 0.199. The largest absolute Gasteiger partial charge is 0.389 e. The van der Waals surface area contributed by atoms with E-state index in [0.29, 0.717) is 5.95 Å². The van der Waals surface area contributed by atoms with Crippen LogP contribution in [0.1, 0.15) is 37.0 Å². The van der Waals surface area contributed by atoms with Gasteiger partial charge in [0.2, 0.25) is 5.95 Å². The third-order valence-corrected chi connectivity index (χ3v) is 4.78. The lowest BCUT2D eigenvalue weighted by Gasteiger charge is -2.18. The molecule has 0 bridgehead atoms. The quantitative estimate of drug-likeness (QED) is 0.837. The molecule has 1 aromatic carbocycles. The van der Waals surface area contributed by atoms with E-state index in [1.165, 1.54) is 18.4 Å². The van der Waals surface area contributed by atoms with Crippen LogP contribution in [0.4, 0.5) is 11.6 Å². The SMILES string of the molecule is CC(O)c1ccc2c(c1)N(c1ncc(S)cn1)CC21CC1. The van der Waals surface area contributed by atoms with Crippen molar-refractivity contribution < 1.29 is 5.11 Å². The summed E-state index contributed by atoms with van der Waals surface area (Å²) in [6.45, 7) is 2.72. The van der Waals surface area contributed by atoms with Gasteiger partial charge in [-0.3, -0.25) is 0 Å². The molecule has 1 aliphatic carbocycles. The molecule has 1 unspecified atom stereocenters. The second-order valence-electron chi connectivity index (χ2n) is 6.06. The van der Waals surface area contributed by atoms with Crippen LogP contribution in [0.15, 0.2) is 35.5 Å². The molecule has 21 heavy (non-hydrogen) atoms. The molecule has 2 heterocycles. The number of aliphatic hydroxyl groups is 1. The Labute approximate surface area is 129 Å². The summed E-state index contributed by atoms with van der Waals surface area (Å²) < 4.78 is 0. The molecular formula is C16H17N3OS. The molecule has 1 atom stereocenters. The van der Waals surface area contributed by atoms with Crippen LogP contribution in [0.2, 0.25) is 0 Å². The standard InChI is InChI=1S/C16H17N3OS/c1-10(20)11-2-3-13-14(6-11)19(9-16(13)4-5-16)15-17-7-12(21)8-18-15/h2-3,6-8,10,20-21H,4-5,9H2,1H3. The topological polar surface area (TPSA) is 49.2 Å². The highest BCUT2D eigenvalue weighted by Gasteiger charge is 2.52. The summed E-state index contributed by atoms with van der Waals surface area (Å²) in [6.07, 6.45) is 5.42. The van der Waals surface area contributed by atoms with E-state index in [-0.39, 0.29) is 5.41 Å². The van der Waals surface area contributed by atoms with Gasteiger partial charge in [0, 0.05) is 34.9 Å². The predicted octanol–water partition coefficient (Wildman–Crippen LogP) is 3.00. The normalized spacial score (nSPS) is 19.7. The van der Waals surface area contributed by atoms with E-state index in [9.17, 15) is 5.11 Å². The van der Waals surface area contributed by atoms with Gasteiger partial charge in [-0.1, -0.05) is 12.1 Å². The van der Waals surface area contributed by atoms with E-state index in [2.05, 4.69) is 39.6 Å². The van der Waals surface area contributed by atoms with Crippen LogP contribution in [-0.4, -0.2) is 21.6 Å². The molecule has 1 spiro atoms. The minimum atomic E-state index is -0.464. The highest BCUT2D eigenvalue weighted by atomic mass is 32.1. The van der Waals surface area contributed by atoms with Gasteiger partial charge < -0.3 is 10.0 Å². The molecular weight excluding hydrogens is 282 g/mol. The minimum Gasteiger partial charge on any atom is -0.389 e. The lowest BCUT2D eigenvalue weighted by atomic mass is 9.96. The van der Waals surface area contributed by atoms with Crippen molar-refractivity contribution in [2.75, 3.05) is 11.4 Å². The fraction of sp³-hybridized carbons (Fsp3) is 0.375. The number of rotatable bonds is 2. The third kappa shape index (κ3) is 2.03. The van der Waals surface area contributed by atoms with Crippen LogP contribution >= 0.6 is 12.6 Å². The smallest absolute Gasteiger partial charge is 0.229 e. The number of aromatic nitrogens is 2. The molecule has 108 valence electrons. The zero-order chi connectivity index (χ0) is 14.6. The van der Waals surface area contributed by atoms with Crippen molar-refractivity contribution >= 4 is 24.3 Å². The van der Waals surface area contributed by atoms with Gasteiger partial charge >= 0.3 is 0 Å². The Morgan fingerprint density at radius 1 is 1.29 bits per heavy atom. The number of hydrogen-bond acceptors (Lipinski definition) is 5.